The maximum Gasteiger partial charge on any atom is 0.303 e. The molecule has 1 unspecified atom stereocenters. The van der Waals surface area contributed by atoms with Gasteiger partial charge in [-0.1, -0.05) is 0 Å². The van der Waals surface area contributed by atoms with Gasteiger partial charge >= 0.3 is 5.97 Å². The Morgan fingerprint density at radius 3 is 2.55 bits per heavy atom. The van der Waals surface area contributed by atoms with Crippen LogP contribution in [0.15, 0.2) is 12.1 Å². The van der Waals surface area contributed by atoms with Crippen LogP contribution in [-0.2, 0) is 15.0 Å². The molecule has 0 saturated carbocycles. The molecule has 1 atom stereocenters. The summed E-state index contributed by atoms with van der Waals surface area (Å²) in [5, 5.41) is 18.1. The Labute approximate surface area is 116 Å². The Morgan fingerprint density at radius 1 is 1.25 bits per heavy atom. The van der Waals surface area contributed by atoms with Crippen LogP contribution in [0.25, 0.3) is 0 Å². The molecule has 106 valence electrons. The molecule has 2 heterocycles. The van der Waals surface area contributed by atoms with Gasteiger partial charge in [0, 0.05) is 12.1 Å². The van der Waals surface area contributed by atoms with Gasteiger partial charge in [0.05, 0.1) is 23.0 Å². The fourth-order valence-electron chi connectivity index (χ4n) is 2.68. The SMILES string of the molecule is CC1(C)C(=O)Nc2cc3c(cc21)NC(CCC(=O)O)N3. The van der Waals surface area contributed by atoms with E-state index in [1.54, 1.807) is 0 Å². The number of carbonyl (C=O) groups excluding carboxylic acids is 1. The van der Waals surface area contributed by atoms with Crippen molar-refractivity contribution in [2.24, 2.45) is 0 Å². The monoisotopic (exact) mass is 275 g/mol. The first kappa shape index (κ1) is 12.8. The van der Waals surface area contributed by atoms with Crippen LogP contribution in [0.1, 0.15) is 32.3 Å². The molecule has 6 heteroatoms. The van der Waals surface area contributed by atoms with Gasteiger partial charge in [0.15, 0.2) is 0 Å². The number of carbonyl (C=O) groups is 2. The molecule has 2 aliphatic heterocycles. The van der Waals surface area contributed by atoms with Gasteiger partial charge in [-0.15, -0.1) is 0 Å². The molecule has 0 spiro atoms. The second kappa shape index (κ2) is 4.13. The standard InChI is InChI=1S/C14H17N3O3/c1-14(2)7-5-9-10(6-8(7)17-13(14)20)16-11(15-9)3-4-12(18)19/h5-6,11,15-16H,3-4H2,1-2H3,(H,17,20)(H,18,19). The third-order valence-electron chi connectivity index (χ3n) is 3.95. The first-order valence-corrected chi connectivity index (χ1v) is 6.63. The zero-order valence-electron chi connectivity index (χ0n) is 11.4. The van der Waals surface area contributed by atoms with Crippen molar-refractivity contribution >= 4 is 28.9 Å². The van der Waals surface area contributed by atoms with Crippen LogP contribution in [0.3, 0.4) is 0 Å². The summed E-state index contributed by atoms with van der Waals surface area (Å²) in [6.45, 7) is 3.79. The van der Waals surface area contributed by atoms with E-state index in [0.29, 0.717) is 6.42 Å². The second-order valence-electron chi connectivity index (χ2n) is 5.80. The molecule has 1 aromatic rings. The van der Waals surface area contributed by atoms with E-state index in [-0.39, 0.29) is 18.5 Å². The van der Waals surface area contributed by atoms with Crippen molar-refractivity contribution in [2.75, 3.05) is 16.0 Å². The average Bonchev–Trinajstić information content (AvgIpc) is 2.85. The molecule has 0 fully saturated rings. The van der Waals surface area contributed by atoms with Crippen LogP contribution in [0.5, 0.6) is 0 Å². The first-order chi connectivity index (χ1) is 9.38. The number of anilines is 3. The zero-order valence-corrected chi connectivity index (χ0v) is 11.4. The number of benzene rings is 1. The summed E-state index contributed by atoms with van der Waals surface area (Å²) in [5.74, 6) is -0.806. The molecule has 0 radical (unpaired) electrons. The lowest BCUT2D eigenvalue weighted by atomic mass is 9.86. The minimum atomic E-state index is -0.805. The Morgan fingerprint density at radius 2 is 1.90 bits per heavy atom. The molecule has 3 rings (SSSR count). The smallest absolute Gasteiger partial charge is 0.303 e. The van der Waals surface area contributed by atoms with Crippen molar-refractivity contribution in [1.29, 1.82) is 0 Å². The fraction of sp³-hybridized carbons (Fsp3) is 0.429. The van der Waals surface area contributed by atoms with Crippen LogP contribution in [0, 0.1) is 0 Å². The Hall–Kier alpha value is -2.24. The van der Waals surface area contributed by atoms with Gasteiger partial charge in [0.25, 0.3) is 0 Å². The highest BCUT2D eigenvalue weighted by molar-refractivity contribution is 6.07. The second-order valence-corrected chi connectivity index (χ2v) is 5.80. The largest absolute Gasteiger partial charge is 0.481 e. The summed E-state index contributed by atoms with van der Waals surface area (Å²) in [5.41, 5.74) is 3.08. The fourth-order valence-corrected chi connectivity index (χ4v) is 2.68. The maximum absolute atomic E-state index is 11.9. The molecule has 0 bridgehead atoms. The van der Waals surface area contributed by atoms with Gasteiger partial charge in [-0.2, -0.15) is 0 Å². The number of carboxylic acids is 1. The number of hydrogen-bond donors (Lipinski definition) is 4. The third-order valence-corrected chi connectivity index (χ3v) is 3.95. The van der Waals surface area contributed by atoms with Crippen LogP contribution >= 0.6 is 0 Å². The summed E-state index contributed by atoms with van der Waals surface area (Å²) in [6, 6.07) is 3.88. The van der Waals surface area contributed by atoms with E-state index in [9.17, 15) is 9.59 Å². The molecular weight excluding hydrogens is 258 g/mol. The Kier molecular flexibility index (Phi) is 2.64. The lowest BCUT2D eigenvalue weighted by Gasteiger charge is -2.15. The summed E-state index contributed by atoms with van der Waals surface area (Å²) in [4.78, 5) is 22.5. The third kappa shape index (κ3) is 1.88. The normalized spacial score (nSPS) is 21.5. The van der Waals surface area contributed by atoms with Gasteiger partial charge < -0.3 is 21.1 Å². The summed E-state index contributed by atoms with van der Waals surface area (Å²) in [7, 11) is 0. The molecule has 4 N–H and O–H groups in total. The molecule has 1 aromatic carbocycles. The molecule has 2 aliphatic rings. The predicted octanol–water partition coefficient (Wildman–Crippen LogP) is 1.94. The van der Waals surface area contributed by atoms with Crippen LogP contribution in [0.4, 0.5) is 17.1 Å². The lowest BCUT2D eigenvalue weighted by Crippen LogP contribution is -2.27. The molecule has 1 amide bonds. The molecule has 0 aromatic heterocycles. The van der Waals surface area contributed by atoms with Crippen molar-refractivity contribution < 1.29 is 14.7 Å². The highest BCUT2D eigenvalue weighted by Gasteiger charge is 2.39. The number of fused-ring (bicyclic) bond motifs is 2. The first-order valence-electron chi connectivity index (χ1n) is 6.63. The highest BCUT2D eigenvalue weighted by Crippen LogP contribution is 2.44. The van der Waals surface area contributed by atoms with Gasteiger partial charge in [-0.05, 0) is 38.0 Å². The number of carboxylic acid groups (broad SMARTS) is 1. The molecule has 0 saturated heterocycles. The van der Waals surface area contributed by atoms with Crippen LogP contribution in [0.2, 0.25) is 0 Å². The number of nitrogens with one attached hydrogen (secondary N) is 3. The molecule has 6 nitrogen and oxygen atoms in total. The zero-order chi connectivity index (χ0) is 14.5. The highest BCUT2D eigenvalue weighted by atomic mass is 16.4. The van der Waals surface area contributed by atoms with Crippen molar-refractivity contribution in [1.82, 2.24) is 0 Å². The van der Waals surface area contributed by atoms with Crippen molar-refractivity contribution in [3.05, 3.63) is 17.7 Å². The van der Waals surface area contributed by atoms with E-state index in [1.165, 1.54) is 0 Å². The van der Waals surface area contributed by atoms with Crippen LogP contribution < -0.4 is 16.0 Å². The average molecular weight is 275 g/mol. The summed E-state index contributed by atoms with van der Waals surface area (Å²) < 4.78 is 0. The van der Waals surface area contributed by atoms with Crippen molar-refractivity contribution in [2.45, 2.75) is 38.3 Å². The van der Waals surface area contributed by atoms with E-state index in [0.717, 1.165) is 22.6 Å². The minimum Gasteiger partial charge on any atom is -0.481 e. The predicted molar refractivity (Wildman–Crippen MR) is 76.0 cm³/mol. The number of rotatable bonds is 3. The molecule has 0 aliphatic carbocycles. The quantitative estimate of drug-likeness (QED) is 0.677. The van der Waals surface area contributed by atoms with Gasteiger partial charge in [-0.25, -0.2) is 0 Å². The van der Waals surface area contributed by atoms with Crippen LogP contribution in [-0.4, -0.2) is 23.1 Å². The van der Waals surface area contributed by atoms with Gasteiger partial charge in [0.2, 0.25) is 5.91 Å². The number of aliphatic carboxylic acids is 1. The van der Waals surface area contributed by atoms with Crippen molar-refractivity contribution in [3.8, 4) is 0 Å². The van der Waals surface area contributed by atoms with E-state index in [1.807, 2.05) is 26.0 Å². The number of hydrogen-bond acceptors (Lipinski definition) is 4. The lowest BCUT2D eigenvalue weighted by molar-refractivity contribution is -0.137. The maximum atomic E-state index is 11.9. The van der Waals surface area contributed by atoms with E-state index >= 15 is 0 Å². The Bertz CT molecular complexity index is 610. The minimum absolute atomic E-state index is 0.00130. The summed E-state index contributed by atoms with van der Waals surface area (Å²) >= 11 is 0. The molecular formula is C14H17N3O3. The Balaban J connectivity index is 1.84. The topological polar surface area (TPSA) is 90.5 Å². The van der Waals surface area contributed by atoms with Crippen molar-refractivity contribution in [3.63, 3.8) is 0 Å². The number of amides is 1. The van der Waals surface area contributed by atoms with E-state index < -0.39 is 11.4 Å². The summed E-state index contributed by atoms with van der Waals surface area (Å²) in [6.07, 6.45) is 0.535. The van der Waals surface area contributed by atoms with Gasteiger partial charge in [-0.3, -0.25) is 9.59 Å². The van der Waals surface area contributed by atoms with Gasteiger partial charge in [0.1, 0.15) is 0 Å². The molecule has 20 heavy (non-hydrogen) atoms. The van der Waals surface area contributed by atoms with E-state index in [4.69, 9.17) is 5.11 Å². The van der Waals surface area contributed by atoms with E-state index in [2.05, 4.69) is 16.0 Å².